The van der Waals surface area contributed by atoms with Gasteiger partial charge >= 0.3 is 5.97 Å². The van der Waals surface area contributed by atoms with Crippen molar-refractivity contribution in [2.45, 2.75) is 20.4 Å². The molecule has 1 aromatic carbocycles. The fourth-order valence-electron chi connectivity index (χ4n) is 2.07. The number of esters is 1. The van der Waals surface area contributed by atoms with Crippen molar-refractivity contribution in [3.63, 3.8) is 0 Å². The molecule has 0 aliphatic rings. The number of rotatable bonds is 5. The number of benzene rings is 1. The lowest BCUT2D eigenvalue weighted by Gasteiger charge is -2.05. The van der Waals surface area contributed by atoms with Crippen LogP contribution in [-0.2, 0) is 11.3 Å². The van der Waals surface area contributed by atoms with Crippen LogP contribution in [0.4, 0.5) is 5.00 Å². The van der Waals surface area contributed by atoms with Crippen molar-refractivity contribution in [3.05, 3.63) is 51.9 Å². The maximum atomic E-state index is 12.3. The molecule has 1 aromatic heterocycles. The Morgan fingerprint density at radius 1 is 1.27 bits per heavy atom. The first-order valence-electron chi connectivity index (χ1n) is 6.92. The average Bonchev–Trinajstić information content (AvgIpc) is 2.81. The van der Waals surface area contributed by atoms with Gasteiger partial charge in [-0.2, -0.15) is 0 Å². The van der Waals surface area contributed by atoms with E-state index < -0.39 is 5.97 Å². The fraction of sp³-hybridized carbons (Fsp3) is 0.250. The smallest absolute Gasteiger partial charge is 0.341 e. The number of carbonyl (C=O) groups excluding carboxylic acids is 2. The Balaban J connectivity index is 2.13. The molecule has 0 saturated carbocycles. The fourth-order valence-corrected chi connectivity index (χ4v) is 3.05. The Morgan fingerprint density at radius 3 is 2.59 bits per heavy atom. The molecule has 0 fully saturated rings. The van der Waals surface area contributed by atoms with E-state index in [0.717, 1.165) is 16.9 Å². The van der Waals surface area contributed by atoms with Crippen molar-refractivity contribution in [2.75, 3.05) is 12.3 Å². The van der Waals surface area contributed by atoms with E-state index >= 15 is 0 Å². The molecule has 6 heteroatoms. The third kappa shape index (κ3) is 3.46. The second-order valence-corrected chi connectivity index (χ2v) is 5.74. The summed E-state index contributed by atoms with van der Waals surface area (Å²) in [7, 11) is 0. The topological polar surface area (TPSA) is 81.4 Å². The Labute approximate surface area is 133 Å². The second-order valence-electron chi connectivity index (χ2n) is 4.68. The first kappa shape index (κ1) is 16.0. The van der Waals surface area contributed by atoms with Gasteiger partial charge in [0.15, 0.2) is 0 Å². The summed E-state index contributed by atoms with van der Waals surface area (Å²) < 4.78 is 4.97. The van der Waals surface area contributed by atoms with Crippen molar-refractivity contribution in [1.82, 2.24) is 5.32 Å². The van der Waals surface area contributed by atoms with Gasteiger partial charge in [0.2, 0.25) is 0 Å². The second kappa shape index (κ2) is 7.09. The van der Waals surface area contributed by atoms with Crippen LogP contribution in [0.25, 0.3) is 0 Å². The number of nitrogens with two attached hydrogens (primary N) is 1. The molecule has 1 amide bonds. The molecule has 2 rings (SSSR count). The van der Waals surface area contributed by atoms with Gasteiger partial charge in [0, 0.05) is 6.54 Å². The summed E-state index contributed by atoms with van der Waals surface area (Å²) in [6.07, 6.45) is 0. The zero-order chi connectivity index (χ0) is 16.1. The molecule has 3 N–H and O–H groups in total. The van der Waals surface area contributed by atoms with E-state index in [1.807, 2.05) is 30.3 Å². The van der Waals surface area contributed by atoms with Gasteiger partial charge in [-0.25, -0.2) is 4.79 Å². The number of amides is 1. The van der Waals surface area contributed by atoms with Crippen molar-refractivity contribution in [1.29, 1.82) is 0 Å². The lowest BCUT2D eigenvalue weighted by atomic mass is 10.1. The summed E-state index contributed by atoms with van der Waals surface area (Å²) in [5, 5.41) is 3.14. The maximum Gasteiger partial charge on any atom is 0.341 e. The van der Waals surface area contributed by atoms with Crippen molar-refractivity contribution >= 4 is 28.2 Å². The molecular formula is C16H18N2O3S. The van der Waals surface area contributed by atoms with Crippen LogP contribution in [0.5, 0.6) is 0 Å². The zero-order valence-electron chi connectivity index (χ0n) is 12.5. The van der Waals surface area contributed by atoms with Gasteiger partial charge in [0.1, 0.15) is 5.00 Å². The summed E-state index contributed by atoms with van der Waals surface area (Å²) in [5.74, 6) is -0.732. The van der Waals surface area contributed by atoms with E-state index in [4.69, 9.17) is 10.5 Å². The molecular weight excluding hydrogens is 300 g/mol. The highest BCUT2D eigenvalue weighted by Gasteiger charge is 2.23. The van der Waals surface area contributed by atoms with Gasteiger partial charge in [0.25, 0.3) is 5.91 Å². The van der Waals surface area contributed by atoms with Gasteiger partial charge in [-0.15, -0.1) is 11.3 Å². The number of nitrogen functional groups attached to an aromatic ring is 1. The third-order valence-corrected chi connectivity index (χ3v) is 4.28. The summed E-state index contributed by atoms with van der Waals surface area (Å²) in [6, 6.07) is 9.60. The minimum absolute atomic E-state index is 0.242. The van der Waals surface area contributed by atoms with Crippen LogP contribution in [0.2, 0.25) is 0 Å². The highest BCUT2D eigenvalue weighted by atomic mass is 32.1. The number of nitrogens with one attached hydrogen (secondary N) is 1. The number of carbonyl (C=O) groups is 2. The van der Waals surface area contributed by atoms with Crippen molar-refractivity contribution in [3.8, 4) is 0 Å². The van der Waals surface area contributed by atoms with Crippen LogP contribution >= 0.6 is 11.3 Å². The third-order valence-electron chi connectivity index (χ3n) is 3.16. The molecule has 0 saturated heterocycles. The van der Waals surface area contributed by atoms with Gasteiger partial charge in [-0.05, 0) is 25.0 Å². The lowest BCUT2D eigenvalue weighted by molar-refractivity contribution is 0.0527. The number of ether oxygens (including phenoxy) is 1. The Kier molecular flexibility index (Phi) is 5.16. The van der Waals surface area contributed by atoms with Crippen LogP contribution in [-0.4, -0.2) is 18.5 Å². The molecule has 0 aliphatic heterocycles. The Hall–Kier alpha value is -2.34. The minimum Gasteiger partial charge on any atom is -0.462 e. The molecule has 0 atom stereocenters. The predicted molar refractivity (Wildman–Crippen MR) is 87.0 cm³/mol. The van der Waals surface area contributed by atoms with E-state index in [2.05, 4.69) is 5.32 Å². The molecule has 22 heavy (non-hydrogen) atoms. The summed E-state index contributed by atoms with van der Waals surface area (Å²) >= 11 is 1.10. The predicted octanol–water partition coefficient (Wildman–Crippen LogP) is 2.75. The molecule has 116 valence electrons. The van der Waals surface area contributed by atoms with E-state index in [1.165, 1.54) is 0 Å². The molecule has 2 aromatic rings. The number of anilines is 1. The molecule has 0 spiro atoms. The quantitative estimate of drug-likeness (QED) is 0.831. The lowest BCUT2D eigenvalue weighted by Crippen LogP contribution is -2.22. The van der Waals surface area contributed by atoms with E-state index in [0.29, 0.717) is 22.0 Å². The number of thiophene rings is 1. The average molecular weight is 318 g/mol. The highest BCUT2D eigenvalue weighted by molar-refractivity contribution is 7.18. The molecule has 0 unspecified atom stereocenters. The van der Waals surface area contributed by atoms with Gasteiger partial charge in [-0.1, -0.05) is 30.3 Å². The van der Waals surface area contributed by atoms with E-state index in [9.17, 15) is 9.59 Å². The summed E-state index contributed by atoms with van der Waals surface area (Å²) in [4.78, 5) is 24.6. The number of hydrogen-bond donors (Lipinski definition) is 2. The molecule has 0 bridgehead atoms. The summed E-state index contributed by atoms with van der Waals surface area (Å²) in [6.45, 7) is 4.12. The van der Waals surface area contributed by atoms with Crippen molar-refractivity contribution < 1.29 is 14.3 Å². The SMILES string of the molecule is CCOC(=O)c1c(N)sc(C(=O)NCc2ccccc2)c1C. The maximum absolute atomic E-state index is 12.3. The van der Waals surface area contributed by atoms with E-state index in [-0.39, 0.29) is 18.1 Å². The van der Waals surface area contributed by atoms with Crippen molar-refractivity contribution in [2.24, 2.45) is 0 Å². The van der Waals surface area contributed by atoms with Crippen LogP contribution in [0.3, 0.4) is 0 Å². The van der Waals surface area contributed by atoms with Gasteiger partial charge in [-0.3, -0.25) is 4.79 Å². The monoisotopic (exact) mass is 318 g/mol. The summed E-state index contributed by atoms with van der Waals surface area (Å²) in [5.41, 5.74) is 7.71. The molecule has 0 aliphatic carbocycles. The highest BCUT2D eigenvalue weighted by Crippen LogP contribution is 2.31. The van der Waals surface area contributed by atoms with E-state index in [1.54, 1.807) is 13.8 Å². The normalized spacial score (nSPS) is 10.3. The molecule has 5 nitrogen and oxygen atoms in total. The largest absolute Gasteiger partial charge is 0.462 e. The van der Waals surface area contributed by atoms with Crippen LogP contribution in [0.1, 0.15) is 38.1 Å². The molecule has 1 heterocycles. The van der Waals surface area contributed by atoms with Gasteiger partial charge < -0.3 is 15.8 Å². The first-order chi connectivity index (χ1) is 10.5. The zero-order valence-corrected chi connectivity index (χ0v) is 13.3. The van der Waals surface area contributed by atoms with Crippen LogP contribution in [0, 0.1) is 6.92 Å². The van der Waals surface area contributed by atoms with Crippen LogP contribution < -0.4 is 11.1 Å². The Bertz CT molecular complexity index is 680. The van der Waals surface area contributed by atoms with Crippen LogP contribution in [0.15, 0.2) is 30.3 Å². The Morgan fingerprint density at radius 2 is 1.95 bits per heavy atom. The number of hydrogen-bond acceptors (Lipinski definition) is 5. The molecule has 0 radical (unpaired) electrons. The minimum atomic E-state index is -0.490. The first-order valence-corrected chi connectivity index (χ1v) is 7.74. The van der Waals surface area contributed by atoms with Gasteiger partial charge in [0.05, 0.1) is 17.0 Å². The standard InChI is InChI=1S/C16H18N2O3S/c1-3-21-16(20)12-10(2)13(22-14(12)17)15(19)18-9-11-7-5-4-6-8-11/h4-8H,3,9,17H2,1-2H3,(H,18,19).